The van der Waals surface area contributed by atoms with E-state index in [9.17, 15) is 18.0 Å². The van der Waals surface area contributed by atoms with Gasteiger partial charge in [-0.05, 0) is 55.7 Å². The second-order valence-electron chi connectivity index (χ2n) is 6.45. The molecule has 0 saturated carbocycles. The summed E-state index contributed by atoms with van der Waals surface area (Å²) in [5, 5.41) is 2.96. The third-order valence-corrected chi connectivity index (χ3v) is 4.22. The minimum absolute atomic E-state index is 0.0935. The van der Waals surface area contributed by atoms with Crippen molar-refractivity contribution < 1.29 is 22.7 Å². The van der Waals surface area contributed by atoms with Crippen LogP contribution in [0.3, 0.4) is 0 Å². The normalized spacial score (nSPS) is 12.5. The predicted molar refractivity (Wildman–Crippen MR) is 113 cm³/mol. The van der Waals surface area contributed by atoms with Crippen LogP contribution in [0, 0.1) is 17.5 Å². The second kappa shape index (κ2) is 13.1. The molecule has 0 spiro atoms. The fourth-order valence-electron chi connectivity index (χ4n) is 2.62. The minimum Gasteiger partial charge on any atom is -0.387 e. The summed E-state index contributed by atoms with van der Waals surface area (Å²) in [4.78, 5) is 18.0. The molecule has 4 rings (SSSR count). The highest BCUT2D eigenvalue weighted by atomic mass is 19.1. The lowest BCUT2D eigenvalue weighted by Gasteiger charge is -2.08. The van der Waals surface area contributed by atoms with Gasteiger partial charge in [-0.1, -0.05) is 6.07 Å². The summed E-state index contributed by atoms with van der Waals surface area (Å²) in [5.41, 5.74) is -0.129. The van der Waals surface area contributed by atoms with E-state index in [1.165, 1.54) is 19.3 Å². The first kappa shape index (κ1) is 24.0. The van der Waals surface area contributed by atoms with Crippen molar-refractivity contribution in [1.82, 2.24) is 9.97 Å². The van der Waals surface area contributed by atoms with Gasteiger partial charge in [0.05, 0.1) is 11.3 Å². The number of nitrogens with zero attached hydrogens (tertiary/aromatic N) is 2. The van der Waals surface area contributed by atoms with Gasteiger partial charge in [-0.3, -0.25) is 9.78 Å². The summed E-state index contributed by atoms with van der Waals surface area (Å²) in [7, 11) is 1.87. The number of nitrogens with one attached hydrogen (secondary N) is 1. The van der Waals surface area contributed by atoms with Crippen LogP contribution in [0.25, 0.3) is 11.3 Å². The van der Waals surface area contributed by atoms with Crippen LogP contribution in [-0.2, 0) is 4.74 Å². The molecule has 0 unspecified atom stereocenters. The Bertz CT molecular complexity index is 920. The standard InChI is InChI=1S/C12H6F3NO.C6H8N2.C5H10O/c13-8-2-1-3-9(14)11(8)12-10(15)5-4-7(6-17)16-12;1-7-6-3-2-4-8-5-6;1-2-4-6-5-3-1/h1-6H;2-5,7H,1H3;1-5H2. The van der Waals surface area contributed by atoms with Crippen LogP contribution in [0.5, 0.6) is 0 Å². The van der Waals surface area contributed by atoms with Gasteiger partial charge in [0.1, 0.15) is 28.8 Å². The number of hydrogen-bond donors (Lipinski definition) is 1. The molecule has 0 atom stereocenters. The molecule has 1 N–H and O–H groups in total. The van der Waals surface area contributed by atoms with E-state index in [0.29, 0.717) is 6.29 Å². The van der Waals surface area contributed by atoms with Crippen molar-refractivity contribution >= 4 is 12.0 Å². The molecule has 0 radical (unpaired) electrons. The summed E-state index contributed by atoms with van der Waals surface area (Å²) < 4.78 is 45.3. The Morgan fingerprint density at radius 1 is 0.935 bits per heavy atom. The Labute approximate surface area is 179 Å². The van der Waals surface area contributed by atoms with Gasteiger partial charge in [0.2, 0.25) is 0 Å². The van der Waals surface area contributed by atoms with Crippen molar-refractivity contribution in [2.75, 3.05) is 25.6 Å². The highest BCUT2D eigenvalue weighted by Crippen LogP contribution is 2.26. The Balaban J connectivity index is 0.000000200. The van der Waals surface area contributed by atoms with Gasteiger partial charge in [-0.2, -0.15) is 0 Å². The van der Waals surface area contributed by atoms with E-state index in [2.05, 4.69) is 15.3 Å². The van der Waals surface area contributed by atoms with Crippen LogP contribution in [0.2, 0.25) is 0 Å². The van der Waals surface area contributed by atoms with Crippen molar-refractivity contribution in [2.45, 2.75) is 19.3 Å². The molecule has 3 aromatic rings. The first-order valence-electron chi connectivity index (χ1n) is 9.78. The van der Waals surface area contributed by atoms with Crippen molar-refractivity contribution in [2.24, 2.45) is 0 Å². The highest BCUT2D eigenvalue weighted by Gasteiger charge is 2.16. The second-order valence-corrected chi connectivity index (χ2v) is 6.45. The first-order valence-corrected chi connectivity index (χ1v) is 9.78. The van der Waals surface area contributed by atoms with Crippen LogP contribution >= 0.6 is 0 Å². The molecule has 2 aromatic heterocycles. The van der Waals surface area contributed by atoms with E-state index in [1.54, 1.807) is 12.4 Å². The number of carbonyl (C=O) groups is 1. The molecule has 1 aliphatic heterocycles. The molecular formula is C23H24F3N3O2. The Kier molecular flexibility index (Phi) is 10.2. The van der Waals surface area contributed by atoms with Crippen LogP contribution in [0.4, 0.5) is 18.9 Å². The van der Waals surface area contributed by atoms with Crippen LogP contribution in [-0.4, -0.2) is 36.5 Å². The third kappa shape index (κ3) is 7.82. The number of pyridine rings is 2. The van der Waals surface area contributed by atoms with Crippen LogP contribution in [0.15, 0.2) is 54.9 Å². The lowest BCUT2D eigenvalue weighted by molar-refractivity contribution is 0.0968. The predicted octanol–water partition coefficient (Wildman–Crippen LogP) is 5.29. The van der Waals surface area contributed by atoms with E-state index < -0.39 is 28.7 Å². The third-order valence-electron chi connectivity index (χ3n) is 4.22. The van der Waals surface area contributed by atoms with Crippen molar-refractivity contribution in [1.29, 1.82) is 0 Å². The summed E-state index contributed by atoms with van der Waals surface area (Å²) in [6.45, 7) is 2.00. The van der Waals surface area contributed by atoms with Gasteiger partial charge in [-0.15, -0.1) is 0 Å². The molecule has 1 aliphatic rings. The fourth-order valence-corrected chi connectivity index (χ4v) is 2.62. The molecule has 5 nitrogen and oxygen atoms in total. The number of aromatic nitrogens is 2. The molecule has 1 saturated heterocycles. The zero-order valence-electron chi connectivity index (χ0n) is 17.2. The number of hydrogen-bond acceptors (Lipinski definition) is 5. The average Bonchev–Trinajstić information content (AvgIpc) is 2.82. The average molecular weight is 431 g/mol. The van der Waals surface area contributed by atoms with E-state index in [-0.39, 0.29) is 5.69 Å². The maximum atomic E-state index is 13.4. The number of anilines is 1. The van der Waals surface area contributed by atoms with Crippen LogP contribution in [0.1, 0.15) is 29.8 Å². The number of carbonyl (C=O) groups excluding carboxylic acids is 1. The van der Waals surface area contributed by atoms with Gasteiger partial charge in [0.25, 0.3) is 0 Å². The van der Waals surface area contributed by atoms with Crippen LogP contribution < -0.4 is 5.32 Å². The molecule has 8 heteroatoms. The van der Waals surface area contributed by atoms with E-state index in [0.717, 1.165) is 49.2 Å². The van der Waals surface area contributed by atoms with Gasteiger partial charge in [0, 0.05) is 32.7 Å². The zero-order valence-corrected chi connectivity index (χ0v) is 17.2. The maximum Gasteiger partial charge on any atom is 0.168 e. The van der Waals surface area contributed by atoms with Gasteiger partial charge in [-0.25, -0.2) is 18.2 Å². The molecule has 1 aromatic carbocycles. The molecule has 0 aliphatic carbocycles. The Morgan fingerprint density at radius 2 is 1.65 bits per heavy atom. The number of rotatable bonds is 3. The highest BCUT2D eigenvalue weighted by molar-refractivity contribution is 5.74. The quantitative estimate of drug-likeness (QED) is 0.571. The zero-order chi connectivity index (χ0) is 22.5. The molecule has 3 heterocycles. The van der Waals surface area contributed by atoms with Crippen molar-refractivity contribution in [3.8, 4) is 11.3 Å². The van der Waals surface area contributed by atoms with E-state index in [1.807, 2.05) is 19.2 Å². The van der Waals surface area contributed by atoms with Crippen molar-refractivity contribution in [3.05, 3.63) is 78.0 Å². The molecular weight excluding hydrogens is 407 g/mol. The molecule has 164 valence electrons. The van der Waals surface area contributed by atoms with Gasteiger partial charge < -0.3 is 10.1 Å². The fraction of sp³-hybridized carbons (Fsp3) is 0.261. The summed E-state index contributed by atoms with van der Waals surface area (Å²) in [5.74, 6) is -2.75. The number of ether oxygens (including phenoxy) is 1. The monoisotopic (exact) mass is 431 g/mol. The summed E-state index contributed by atoms with van der Waals surface area (Å²) >= 11 is 0. The van der Waals surface area contributed by atoms with E-state index in [4.69, 9.17) is 4.74 Å². The summed E-state index contributed by atoms with van der Waals surface area (Å²) in [6.07, 6.45) is 7.84. The smallest absolute Gasteiger partial charge is 0.168 e. The molecule has 0 amide bonds. The first-order chi connectivity index (χ1) is 15.1. The van der Waals surface area contributed by atoms with Crippen molar-refractivity contribution in [3.63, 3.8) is 0 Å². The SMILES string of the molecule is C1CCOCC1.CNc1cccnc1.O=Cc1ccc(F)c(-c2c(F)cccc2F)n1. The molecule has 1 fully saturated rings. The summed E-state index contributed by atoms with van der Waals surface area (Å²) in [6, 6.07) is 9.08. The number of benzene rings is 1. The lowest BCUT2D eigenvalue weighted by atomic mass is 10.1. The maximum absolute atomic E-state index is 13.4. The molecule has 0 bridgehead atoms. The Hall–Kier alpha value is -3.26. The van der Waals surface area contributed by atoms with Gasteiger partial charge >= 0.3 is 0 Å². The molecule has 31 heavy (non-hydrogen) atoms. The topological polar surface area (TPSA) is 64.1 Å². The number of halogens is 3. The number of aldehydes is 1. The largest absolute Gasteiger partial charge is 0.387 e. The lowest BCUT2D eigenvalue weighted by Crippen LogP contribution is -2.03. The van der Waals surface area contributed by atoms with Gasteiger partial charge in [0.15, 0.2) is 6.29 Å². The minimum atomic E-state index is -0.931. The van der Waals surface area contributed by atoms with E-state index >= 15 is 0 Å². The Morgan fingerprint density at radius 3 is 2.10 bits per heavy atom.